The van der Waals surface area contributed by atoms with Gasteiger partial charge in [0, 0.05) is 11.6 Å². The van der Waals surface area contributed by atoms with Gasteiger partial charge in [-0.05, 0) is 77.3 Å². The molecule has 0 fully saturated rings. The van der Waals surface area contributed by atoms with Crippen molar-refractivity contribution in [2.75, 3.05) is 0 Å². The molecule has 30 heavy (non-hydrogen) atoms. The molecule has 2 aliphatic carbocycles. The van der Waals surface area contributed by atoms with Crippen LogP contribution < -0.4 is 4.57 Å². The Morgan fingerprint density at radius 3 is 2.20 bits per heavy atom. The monoisotopic (exact) mass is 396 g/mol. The Hall–Kier alpha value is -2.41. The summed E-state index contributed by atoms with van der Waals surface area (Å²) in [6.45, 7) is 14.1. The maximum Gasteiger partial charge on any atom is 0.213 e. The van der Waals surface area contributed by atoms with Crippen molar-refractivity contribution in [1.82, 2.24) is 0 Å². The molecule has 0 N–H and O–H groups in total. The van der Waals surface area contributed by atoms with E-state index in [1.807, 2.05) is 0 Å². The third-order valence-electron chi connectivity index (χ3n) is 7.80. The topological polar surface area (TPSA) is 3.88 Å². The normalized spacial score (nSPS) is 18.0. The highest BCUT2D eigenvalue weighted by molar-refractivity contribution is 5.85. The van der Waals surface area contributed by atoms with Gasteiger partial charge >= 0.3 is 0 Å². The van der Waals surface area contributed by atoms with Gasteiger partial charge in [-0.3, -0.25) is 0 Å². The predicted molar refractivity (Wildman–Crippen MR) is 126 cm³/mol. The zero-order valence-electron chi connectivity index (χ0n) is 19.6. The van der Waals surface area contributed by atoms with Crippen LogP contribution in [0.4, 0.5) is 0 Å². The molecule has 154 valence electrons. The second-order valence-electron chi connectivity index (χ2n) is 11.0. The minimum Gasteiger partial charge on any atom is -0.201 e. The van der Waals surface area contributed by atoms with E-state index in [9.17, 15) is 0 Å². The smallest absolute Gasteiger partial charge is 0.201 e. The molecule has 1 heteroatoms. The second-order valence-corrected chi connectivity index (χ2v) is 11.0. The van der Waals surface area contributed by atoms with Crippen molar-refractivity contribution >= 4 is 0 Å². The number of aromatic nitrogens is 1. The van der Waals surface area contributed by atoms with Gasteiger partial charge in [-0.1, -0.05) is 63.6 Å². The fourth-order valence-corrected chi connectivity index (χ4v) is 5.77. The summed E-state index contributed by atoms with van der Waals surface area (Å²) in [5, 5.41) is 0. The zero-order chi connectivity index (χ0) is 21.4. The lowest BCUT2D eigenvalue weighted by Gasteiger charge is -2.40. The number of hydrogen-bond acceptors (Lipinski definition) is 0. The maximum absolute atomic E-state index is 2.52. The van der Waals surface area contributed by atoms with Gasteiger partial charge in [0.2, 0.25) is 5.69 Å². The molecule has 0 saturated heterocycles. The van der Waals surface area contributed by atoms with E-state index >= 15 is 0 Å². The van der Waals surface area contributed by atoms with Crippen LogP contribution in [0.3, 0.4) is 0 Å². The van der Waals surface area contributed by atoms with Crippen LogP contribution in [0.2, 0.25) is 0 Å². The molecule has 0 radical (unpaired) electrons. The number of aryl methyl sites for hydroxylation is 3. The summed E-state index contributed by atoms with van der Waals surface area (Å²) in [5.74, 6) is 0. The van der Waals surface area contributed by atoms with Gasteiger partial charge < -0.3 is 0 Å². The van der Waals surface area contributed by atoms with Gasteiger partial charge in [-0.25, -0.2) is 4.57 Å². The highest BCUT2D eigenvalue weighted by atomic mass is 14.9. The second kappa shape index (κ2) is 6.30. The first-order chi connectivity index (χ1) is 14.1. The number of pyridine rings is 1. The highest BCUT2D eigenvalue weighted by Gasteiger charge is 2.40. The van der Waals surface area contributed by atoms with Crippen LogP contribution >= 0.6 is 0 Å². The average molecular weight is 397 g/mol. The zero-order valence-corrected chi connectivity index (χ0v) is 19.6. The molecule has 3 aromatic rings. The summed E-state index contributed by atoms with van der Waals surface area (Å²) >= 11 is 0. The van der Waals surface area contributed by atoms with Crippen molar-refractivity contribution in [2.45, 2.75) is 71.6 Å². The Labute approximate surface area is 181 Å². The van der Waals surface area contributed by atoms with E-state index in [0.717, 1.165) is 6.42 Å². The molecular formula is C29H34N+. The summed E-state index contributed by atoms with van der Waals surface area (Å²) in [7, 11) is 2.23. The van der Waals surface area contributed by atoms with E-state index in [4.69, 9.17) is 0 Å². The van der Waals surface area contributed by atoms with Gasteiger partial charge in [0.05, 0.1) is 5.56 Å². The summed E-state index contributed by atoms with van der Waals surface area (Å²) in [6.07, 6.45) is 5.96. The molecule has 2 aromatic carbocycles. The predicted octanol–water partition coefficient (Wildman–Crippen LogP) is 6.72. The lowest BCUT2D eigenvalue weighted by molar-refractivity contribution is -0.661. The van der Waals surface area contributed by atoms with E-state index in [1.54, 1.807) is 0 Å². The Morgan fingerprint density at radius 1 is 0.800 bits per heavy atom. The SMILES string of the molecule is Cc1ccc2c(c1)Cc1c-2ccc(C)c1-c1cc2c(c[n+]1C)C(C)(C)CCC2(C)C. The highest BCUT2D eigenvalue weighted by Crippen LogP contribution is 2.47. The summed E-state index contributed by atoms with van der Waals surface area (Å²) in [5.41, 5.74) is 14.8. The number of benzene rings is 2. The van der Waals surface area contributed by atoms with Crippen molar-refractivity contribution in [3.8, 4) is 22.4 Å². The van der Waals surface area contributed by atoms with Crippen LogP contribution in [-0.2, 0) is 24.3 Å². The maximum atomic E-state index is 2.52. The molecule has 0 bridgehead atoms. The fraction of sp³-hybridized carbons (Fsp3) is 0.414. The van der Waals surface area contributed by atoms with Crippen LogP contribution in [0.5, 0.6) is 0 Å². The third-order valence-corrected chi connectivity index (χ3v) is 7.80. The van der Waals surface area contributed by atoms with Crippen LogP contribution in [0, 0.1) is 13.8 Å². The molecule has 1 heterocycles. The van der Waals surface area contributed by atoms with Crippen LogP contribution in [-0.4, -0.2) is 0 Å². The standard InChI is InChI=1S/C29H34N/c1-18-8-10-21-20(14-18)15-23-22(21)11-9-19(2)27(23)26-16-24-25(17-30(26)7)29(5,6)13-12-28(24,3)4/h8-11,14,16-17H,12-13,15H2,1-7H3/q+1. The lowest BCUT2D eigenvalue weighted by atomic mass is 9.63. The van der Waals surface area contributed by atoms with Gasteiger partial charge in [0.1, 0.15) is 7.05 Å². The number of nitrogens with zero attached hydrogens (tertiary/aromatic N) is 1. The van der Waals surface area contributed by atoms with E-state index < -0.39 is 0 Å². The molecule has 0 atom stereocenters. The van der Waals surface area contributed by atoms with E-state index in [1.165, 1.54) is 68.6 Å². The number of fused-ring (bicyclic) bond motifs is 4. The average Bonchev–Trinajstić information content (AvgIpc) is 3.03. The molecule has 1 nitrogen and oxygen atoms in total. The minimum atomic E-state index is 0.222. The van der Waals surface area contributed by atoms with E-state index in [0.29, 0.717) is 0 Å². The first-order valence-electron chi connectivity index (χ1n) is 11.4. The Bertz CT molecular complexity index is 1190. The Balaban J connectivity index is 1.76. The Morgan fingerprint density at radius 2 is 1.47 bits per heavy atom. The molecule has 0 aliphatic heterocycles. The van der Waals surface area contributed by atoms with Gasteiger partial charge in [0.25, 0.3) is 0 Å². The molecule has 5 rings (SSSR count). The molecule has 0 amide bonds. The number of rotatable bonds is 1. The van der Waals surface area contributed by atoms with Crippen LogP contribution in [0.25, 0.3) is 22.4 Å². The molecule has 2 aliphatic rings. The van der Waals surface area contributed by atoms with Crippen molar-refractivity contribution in [2.24, 2.45) is 7.05 Å². The summed E-state index contributed by atoms with van der Waals surface area (Å²) in [6, 6.07) is 14.1. The van der Waals surface area contributed by atoms with Gasteiger partial charge in [-0.15, -0.1) is 0 Å². The molecule has 1 aromatic heterocycles. The van der Waals surface area contributed by atoms with Crippen molar-refractivity contribution < 1.29 is 4.57 Å². The Kier molecular flexibility index (Phi) is 4.10. The quantitative estimate of drug-likeness (QED) is 0.315. The van der Waals surface area contributed by atoms with Crippen LogP contribution in [0.15, 0.2) is 42.6 Å². The lowest BCUT2D eigenvalue weighted by Crippen LogP contribution is -2.40. The molecular weight excluding hydrogens is 362 g/mol. The van der Waals surface area contributed by atoms with E-state index in [-0.39, 0.29) is 10.8 Å². The largest absolute Gasteiger partial charge is 0.213 e. The molecule has 0 spiro atoms. The van der Waals surface area contributed by atoms with Gasteiger partial charge in [0.15, 0.2) is 6.20 Å². The van der Waals surface area contributed by atoms with E-state index in [2.05, 4.69) is 95.8 Å². The molecule has 0 unspecified atom stereocenters. The fourth-order valence-electron chi connectivity index (χ4n) is 5.77. The third kappa shape index (κ3) is 2.78. The van der Waals surface area contributed by atoms with Crippen molar-refractivity contribution in [3.63, 3.8) is 0 Å². The van der Waals surface area contributed by atoms with Crippen molar-refractivity contribution in [1.29, 1.82) is 0 Å². The number of hydrogen-bond donors (Lipinski definition) is 0. The van der Waals surface area contributed by atoms with Gasteiger partial charge in [-0.2, -0.15) is 0 Å². The molecule has 0 saturated carbocycles. The van der Waals surface area contributed by atoms with Crippen LogP contribution in [0.1, 0.15) is 73.9 Å². The first kappa shape index (κ1) is 19.5. The van der Waals surface area contributed by atoms with Crippen molar-refractivity contribution in [3.05, 3.63) is 76.0 Å². The minimum absolute atomic E-state index is 0.222. The summed E-state index contributed by atoms with van der Waals surface area (Å²) < 4.78 is 2.39. The first-order valence-corrected chi connectivity index (χ1v) is 11.4. The summed E-state index contributed by atoms with van der Waals surface area (Å²) in [4.78, 5) is 0.